The highest BCUT2D eigenvalue weighted by Gasteiger charge is 2.19. The van der Waals surface area contributed by atoms with Crippen LogP contribution in [0.3, 0.4) is 0 Å². The number of rotatable bonds is 2. The molecule has 0 heterocycles. The fraction of sp³-hybridized carbons (Fsp3) is 0.857. The van der Waals surface area contributed by atoms with Crippen LogP contribution in [0.4, 0.5) is 0 Å². The summed E-state index contributed by atoms with van der Waals surface area (Å²) in [6.07, 6.45) is 3.02. The predicted octanol–water partition coefficient (Wildman–Crippen LogP) is 0.463. The van der Waals surface area contributed by atoms with Gasteiger partial charge in [-0.25, -0.2) is 0 Å². The lowest BCUT2D eigenvalue weighted by molar-refractivity contribution is -0.135. The lowest BCUT2D eigenvalue weighted by atomic mass is 9.95. The third kappa shape index (κ3) is 1.99. The van der Waals surface area contributed by atoms with E-state index in [4.69, 9.17) is 9.84 Å². The van der Waals surface area contributed by atoms with Crippen LogP contribution in [0.15, 0.2) is 0 Å². The van der Waals surface area contributed by atoms with Crippen molar-refractivity contribution in [1.29, 1.82) is 0 Å². The van der Waals surface area contributed by atoms with Crippen molar-refractivity contribution in [3.63, 3.8) is 0 Å². The minimum absolute atomic E-state index is 0.0564. The maximum absolute atomic E-state index is 9.87. The molecule has 1 N–H and O–H groups in total. The highest BCUT2D eigenvalue weighted by Crippen LogP contribution is 2.19. The summed E-state index contributed by atoms with van der Waals surface area (Å²) in [5.74, 6) is 0. The van der Waals surface area contributed by atoms with Gasteiger partial charge in [-0.1, -0.05) is 0 Å². The zero-order valence-corrected chi connectivity index (χ0v) is 5.82. The van der Waals surface area contributed by atoms with Crippen molar-refractivity contribution in [3.05, 3.63) is 0 Å². The minimum atomic E-state index is -0.175. The molecule has 58 valence electrons. The van der Waals surface area contributed by atoms with Crippen molar-refractivity contribution < 1.29 is 14.6 Å². The van der Waals surface area contributed by atoms with E-state index in [-0.39, 0.29) is 12.2 Å². The molecule has 0 radical (unpaired) electrons. The van der Waals surface area contributed by atoms with Crippen LogP contribution in [0.25, 0.3) is 0 Å². The number of carbonyl (C=O) groups is 1. The maximum atomic E-state index is 9.87. The molecule has 0 aliphatic heterocycles. The average molecular weight is 144 g/mol. The lowest BCUT2D eigenvalue weighted by Gasteiger charge is -2.23. The highest BCUT2D eigenvalue weighted by molar-refractivity contribution is 5.37. The van der Waals surface area contributed by atoms with E-state index in [9.17, 15) is 4.79 Å². The number of hydrogen-bond donors (Lipinski definition) is 1. The molecule has 0 amide bonds. The van der Waals surface area contributed by atoms with Crippen molar-refractivity contribution in [2.24, 2.45) is 0 Å². The van der Waals surface area contributed by atoms with Crippen molar-refractivity contribution in [2.75, 3.05) is 0 Å². The average Bonchev–Trinajstić information content (AvgIpc) is 1.95. The molecule has 0 atom stereocenters. The number of aliphatic hydroxyl groups excluding tert-OH is 1. The van der Waals surface area contributed by atoms with Crippen LogP contribution in [0.2, 0.25) is 0 Å². The zero-order valence-electron chi connectivity index (χ0n) is 5.82. The molecule has 0 aromatic carbocycles. The SMILES string of the molecule is O=CO[C@H]1CC[C@@H](O)CC1. The molecule has 0 spiro atoms. The first-order chi connectivity index (χ1) is 4.83. The van der Waals surface area contributed by atoms with Gasteiger partial charge in [0.1, 0.15) is 6.10 Å². The fourth-order valence-corrected chi connectivity index (χ4v) is 1.26. The van der Waals surface area contributed by atoms with Gasteiger partial charge in [-0.3, -0.25) is 4.79 Å². The van der Waals surface area contributed by atoms with E-state index in [1.54, 1.807) is 0 Å². The molecule has 3 nitrogen and oxygen atoms in total. The van der Waals surface area contributed by atoms with E-state index < -0.39 is 0 Å². The summed E-state index contributed by atoms with van der Waals surface area (Å²) in [5, 5.41) is 9.05. The first-order valence-corrected chi connectivity index (χ1v) is 3.60. The van der Waals surface area contributed by atoms with E-state index in [0.717, 1.165) is 25.7 Å². The van der Waals surface area contributed by atoms with Crippen molar-refractivity contribution in [2.45, 2.75) is 37.9 Å². The molecule has 0 saturated heterocycles. The van der Waals surface area contributed by atoms with Crippen LogP contribution in [0.5, 0.6) is 0 Å². The number of aliphatic hydroxyl groups is 1. The summed E-state index contributed by atoms with van der Waals surface area (Å²) >= 11 is 0. The number of hydrogen-bond acceptors (Lipinski definition) is 3. The second kappa shape index (κ2) is 3.56. The molecule has 3 heteroatoms. The van der Waals surface area contributed by atoms with Crippen molar-refractivity contribution in [1.82, 2.24) is 0 Å². The van der Waals surface area contributed by atoms with Crippen LogP contribution >= 0.6 is 0 Å². The molecule has 1 saturated carbocycles. The molecular formula is C7H12O3. The smallest absolute Gasteiger partial charge is 0.293 e. The normalized spacial score (nSPS) is 33.3. The Bertz CT molecular complexity index is 105. The topological polar surface area (TPSA) is 46.5 Å². The Morgan fingerprint density at radius 3 is 2.40 bits per heavy atom. The predicted molar refractivity (Wildman–Crippen MR) is 35.4 cm³/mol. The summed E-state index contributed by atoms with van der Waals surface area (Å²) in [6, 6.07) is 0. The van der Waals surface area contributed by atoms with E-state index in [1.807, 2.05) is 0 Å². The van der Waals surface area contributed by atoms with Gasteiger partial charge in [0.2, 0.25) is 0 Å². The third-order valence-electron chi connectivity index (χ3n) is 1.89. The highest BCUT2D eigenvalue weighted by atomic mass is 16.5. The Morgan fingerprint density at radius 1 is 1.30 bits per heavy atom. The Hall–Kier alpha value is -0.570. The van der Waals surface area contributed by atoms with E-state index in [1.165, 1.54) is 0 Å². The van der Waals surface area contributed by atoms with Gasteiger partial charge in [0, 0.05) is 0 Å². The Labute approximate surface area is 60.0 Å². The summed E-state index contributed by atoms with van der Waals surface area (Å²) in [7, 11) is 0. The van der Waals surface area contributed by atoms with Crippen LogP contribution in [-0.4, -0.2) is 23.8 Å². The third-order valence-corrected chi connectivity index (χ3v) is 1.89. The summed E-state index contributed by atoms with van der Waals surface area (Å²) in [4.78, 5) is 9.87. The Morgan fingerprint density at radius 2 is 1.90 bits per heavy atom. The Kier molecular flexibility index (Phi) is 2.68. The molecule has 1 rings (SSSR count). The van der Waals surface area contributed by atoms with Gasteiger partial charge in [-0.05, 0) is 25.7 Å². The molecular weight excluding hydrogens is 132 g/mol. The second-order valence-electron chi connectivity index (χ2n) is 2.66. The molecule has 1 aliphatic rings. The molecule has 0 unspecified atom stereocenters. The molecule has 10 heavy (non-hydrogen) atoms. The van der Waals surface area contributed by atoms with Gasteiger partial charge in [0.25, 0.3) is 6.47 Å². The number of ether oxygens (including phenoxy) is 1. The monoisotopic (exact) mass is 144 g/mol. The zero-order chi connectivity index (χ0) is 7.40. The Balaban J connectivity index is 2.19. The van der Waals surface area contributed by atoms with Crippen molar-refractivity contribution in [3.8, 4) is 0 Å². The van der Waals surface area contributed by atoms with Crippen LogP contribution in [0, 0.1) is 0 Å². The van der Waals surface area contributed by atoms with Gasteiger partial charge < -0.3 is 9.84 Å². The maximum Gasteiger partial charge on any atom is 0.293 e. The van der Waals surface area contributed by atoms with Gasteiger partial charge in [-0.15, -0.1) is 0 Å². The second-order valence-corrected chi connectivity index (χ2v) is 2.66. The van der Waals surface area contributed by atoms with Gasteiger partial charge >= 0.3 is 0 Å². The van der Waals surface area contributed by atoms with E-state index >= 15 is 0 Å². The lowest BCUT2D eigenvalue weighted by Crippen LogP contribution is -2.23. The quantitative estimate of drug-likeness (QED) is 0.573. The summed E-state index contributed by atoms with van der Waals surface area (Å²) in [6.45, 7) is 0.488. The largest absolute Gasteiger partial charge is 0.465 e. The standard InChI is InChI=1S/C7H12O3/c8-5-10-7-3-1-6(9)2-4-7/h5-7,9H,1-4H2/t6-,7+. The molecule has 0 bridgehead atoms. The van der Waals surface area contributed by atoms with Crippen LogP contribution < -0.4 is 0 Å². The van der Waals surface area contributed by atoms with Gasteiger partial charge in [-0.2, -0.15) is 0 Å². The number of carbonyl (C=O) groups excluding carboxylic acids is 1. The van der Waals surface area contributed by atoms with Gasteiger partial charge in [0.05, 0.1) is 6.10 Å². The van der Waals surface area contributed by atoms with Crippen LogP contribution in [-0.2, 0) is 9.53 Å². The summed E-state index contributed by atoms with van der Waals surface area (Å²) in [5.41, 5.74) is 0. The van der Waals surface area contributed by atoms with Crippen LogP contribution in [0.1, 0.15) is 25.7 Å². The van der Waals surface area contributed by atoms with Crippen molar-refractivity contribution >= 4 is 6.47 Å². The molecule has 1 fully saturated rings. The van der Waals surface area contributed by atoms with Gasteiger partial charge in [0.15, 0.2) is 0 Å². The fourth-order valence-electron chi connectivity index (χ4n) is 1.26. The van der Waals surface area contributed by atoms with E-state index in [0.29, 0.717) is 6.47 Å². The minimum Gasteiger partial charge on any atom is -0.465 e. The summed E-state index contributed by atoms with van der Waals surface area (Å²) < 4.78 is 4.74. The first kappa shape index (κ1) is 7.54. The van der Waals surface area contributed by atoms with E-state index in [2.05, 4.69) is 0 Å². The first-order valence-electron chi connectivity index (χ1n) is 3.60. The molecule has 0 aromatic rings. The molecule has 1 aliphatic carbocycles. The molecule has 0 aromatic heterocycles.